The minimum atomic E-state index is -1.09. The first-order valence-electron chi connectivity index (χ1n) is 13.1. The number of benzene rings is 2. The molecule has 3 amide bonds. The SMILES string of the molecule is CN1CCN(CCNC(=O)C(CC(=O)Nc2ccc(Cl)cc2)NC(=O)c2ccc(-n3ccccc3=O)cc2)CC1. The van der Waals surface area contributed by atoms with E-state index >= 15 is 0 Å². The smallest absolute Gasteiger partial charge is 0.255 e. The van der Waals surface area contributed by atoms with E-state index < -0.39 is 23.8 Å². The van der Waals surface area contributed by atoms with Crippen LogP contribution in [0.5, 0.6) is 0 Å². The van der Waals surface area contributed by atoms with Gasteiger partial charge in [-0.05, 0) is 61.6 Å². The largest absolute Gasteiger partial charge is 0.353 e. The zero-order valence-electron chi connectivity index (χ0n) is 22.3. The van der Waals surface area contributed by atoms with Crippen LogP contribution >= 0.6 is 11.6 Å². The number of piperazine rings is 1. The summed E-state index contributed by atoms with van der Waals surface area (Å²) in [6, 6.07) is 16.8. The number of nitrogens with zero attached hydrogens (tertiary/aromatic N) is 3. The molecule has 11 heteroatoms. The highest BCUT2D eigenvalue weighted by molar-refractivity contribution is 6.30. The van der Waals surface area contributed by atoms with Crippen LogP contribution in [0.1, 0.15) is 16.8 Å². The van der Waals surface area contributed by atoms with Gasteiger partial charge in [0.05, 0.1) is 6.42 Å². The molecule has 0 bridgehead atoms. The molecule has 210 valence electrons. The fraction of sp³-hybridized carbons (Fsp3) is 0.310. The van der Waals surface area contributed by atoms with Crippen molar-refractivity contribution in [2.75, 3.05) is 51.6 Å². The fourth-order valence-corrected chi connectivity index (χ4v) is 4.45. The average Bonchev–Trinajstić information content (AvgIpc) is 2.95. The maximum atomic E-state index is 13.1. The molecule has 0 spiro atoms. The number of nitrogens with one attached hydrogen (secondary N) is 3. The number of rotatable bonds is 10. The van der Waals surface area contributed by atoms with E-state index in [4.69, 9.17) is 11.6 Å². The number of halogens is 1. The van der Waals surface area contributed by atoms with Crippen molar-refractivity contribution in [3.63, 3.8) is 0 Å². The van der Waals surface area contributed by atoms with Crippen molar-refractivity contribution in [3.8, 4) is 5.69 Å². The minimum absolute atomic E-state index is 0.195. The molecule has 3 N–H and O–H groups in total. The molecule has 0 saturated carbocycles. The van der Waals surface area contributed by atoms with Crippen molar-refractivity contribution in [2.24, 2.45) is 0 Å². The molecule has 3 aromatic rings. The second-order valence-corrected chi connectivity index (χ2v) is 10.1. The van der Waals surface area contributed by atoms with E-state index in [9.17, 15) is 19.2 Å². The number of anilines is 1. The summed E-state index contributed by atoms with van der Waals surface area (Å²) in [4.78, 5) is 55.6. The average molecular weight is 565 g/mol. The van der Waals surface area contributed by atoms with Crippen LogP contribution in [0.3, 0.4) is 0 Å². The van der Waals surface area contributed by atoms with E-state index in [2.05, 4.69) is 32.8 Å². The number of amides is 3. The Kier molecular flexibility index (Phi) is 10.1. The van der Waals surface area contributed by atoms with Crippen LogP contribution in [0.2, 0.25) is 5.02 Å². The summed E-state index contributed by atoms with van der Waals surface area (Å²) < 4.78 is 1.46. The third-order valence-corrected chi connectivity index (χ3v) is 6.94. The Labute approximate surface area is 237 Å². The van der Waals surface area contributed by atoms with E-state index in [1.54, 1.807) is 66.9 Å². The maximum Gasteiger partial charge on any atom is 0.255 e. The predicted molar refractivity (Wildman–Crippen MR) is 155 cm³/mol. The van der Waals surface area contributed by atoms with Gasteiger partial charge in [0.15, 0.2) is 0 Å². The minimum Gasteiger partial charge on any atom is -0.353 e. The van der Waals surface area contributed by atoms with Gasteiger partial charge in [-0.1, -0.05) is 17.7 Å². The van der Waals surface area contributed by atoms with Crippen molar-refractivity contribution >= 4 is 35.0 Å². The molecule has 0 aliphatic carbocycles. The lowest BCUT2D eigenvalue weighted by molar-refractivity contribution is -0.126. The molecule has 10 nitrogen and oxygen atoms in total. The van der Waals surface area contributed by atoms with Gasteiger partial charge in [0.2, 0.25) is 11.8 Å². The Morgan fingerprint density at radius 3 is 2.30 bits per heavy atom. The Hall–Kier alpha value is -3.99. The molecule has 2 heterocycles. The van der Waals surface area contributed by atoms with E-state index in [1.165, 1.54) is 10.6 Å². The third-order valence-electron chi connectivity index (χ3n) is 6.69. The molecule has 1 atom stereocenters. The van der Waals surface area contributed by atoms with Crippen molar-refractivity contribution in [2.45, 2.75) is 12.5 Å². The molecule has 0 radical (unpaired) electrons. The molecule has 1 aromatic heterocycles. The zero-order chi connectivity index (χ0) is 28.5. The second kappa shape index (κ2) is 13.9. The van der Waals surface area contributed by atoms with Gasteiger partial charge in [-0.3, -0.25) is 28.6 Å². The van der Waals surface area contributed by atoms with Crippen LogP contribution in [0.15, 0.2) is 77.7 Å². The molecule has 1 aliphatic heterocycles. The highest BCUT2D eigenvalue weighted by atomic mass is 35.5. The van der Waals surface area contributed by atoms with Crippen LogP contribution in [-0.2, 0) is 9.59 Å². The van der Waals surface area contributed by atoms with E-state index in [-0.39, 0.29) is 12.0 Å². The normalized spacial score (nSPS) is 14.8. The van der Waals surface area contributed by atoms with Gasteiger partial charge in [0.25, 0.3) is 11.5 Å². The van der Waals surface area contributed by atoms with Crippen LogP contribution in [-0.4, -0.2) is 84.4 Å². The van der Waals surface area contributed by atoms with E-state index in [0.29, 0.717) is 35.1 Å². The number of carbonyl (C=O) groups is 3. The summed E-state index contributed by atoms with van der Waals surface area (Å²) in [5.41, 5.74) is 1.23. The Morgan fingerprint density at radius 2 is 1.62 bits per heavy atom. The van der Waals surface area contributed by atoms with Gasteiger partial charge in [0, 0.05) is 73.5 Å². The molecule has 1 unspecified atom stereocenters. The Morgan fingerprint density at radius 1 is 0.925 bits per heavy atom. The summed E-state index contributed by atoms with van der Waals surface area (Å²) in [7, 11) is 2.08. The number of hydrogen-bond donors (Lipinski definition) is 3. The molecular formula is C29H33ClN6O4. The molecule has 1 fully saturated rings. The standard InChI is InChI=1S/C29H33ClN6O4/c1-34-16-18-35(19-17-34)15-13-31-29(40)25(20-26(37)32-23-9-7-22(30)8-10-23)33-28(39)21-5-11-24(12-6-21)36-14-3-2-4-27(36)38/h2-12,14,25H,13,15-20H2,1H3,(H,31,40)(H,32,37)(H,33,39). The lowest BCUT2D eigenvalue weighted by Gasteiger charge is -2.32. The molecule has 1 aliphatic rings. The molecule has 2 aromatic carbocycles. The van der Waals surface area contributed by atoms with Crippen LogP contribution in [0.25, 0.3) is 5.69 Å². The lowest BCUT2D eigenvalue weighted by Crippen LogP contribution is -2.51. The summed E-state index contributed by atoms with van der Waals surface area (Å²) in [5, 5.41) is 8.84. The van der Waals surface area contributed by atoms with Gasteiger partial charge in [-0.25, -0.2) is 0 Å². The number of aromatic nitrogens is 1. The van der Waals surface area contributed by atoms with Crippen LogP contribution in [0.4, 0.5) is 5.69 Å². The van der Waals surface area contributed by atoms with E-state index in [0.717, 1.165) is 26.2 Å². The summed E-state index contributed by atoms with van der Waals surface area (Å²) in [6.45, 7) is 4.85. The van der Waals surface area contributed by atoms with Crippen molar-refractivity contribution < 1.29 is 14.4 Å². The van der Waals surface area contributed by atoms with Gasteiger partial charge in [-0.2, -0.15) is 0 Å². The van der Waals surface area contributed by atoms with Gasteiger partial charge in [0.1, 0.15) is 6.04 Å². The molecular weight excluding hydrogens is 532 g/mol. The number of carbonyl (C=O) groups excluding carboxylic acids is 3. The first kappa shape index (κ1) is 29.0. The Balaban J connectivity index is 1.41. The molecule has 1 saturated heterocycles. The summed E-state index contributed by atoms with van der Waals surface area (Å²) in [5.74, 6) is -1.38. The lowest BCUT2D eigenvalue weighted by atomic mass is 10.1. The topological polar surface area (TPSA) is 116 Å². The monoisotopic (exact) mass is 564 g/mol. The van der Waals surface area contributed by atoms with Gasteiger partial charge < -0.3 is 20.9 Å². The highest BCUT2D eigenvalue weighted by Crippen LogP contribution is 2.14. The molecule has 4 rings (SSSR count). The van der Waals surface area contributed by atoms with Crippen molar-refractivity contribution in [1.82, 2.24) is 25.0 Å². The van der Waals surface area contributed by atoms with Gasteiger partial charge in [-0.15, -0.1) is 0 Å². The van der Waals surface area contributed by atoms with Crippen molar-refractivity contribution in [1.29, 1.82) is 0 Å². The number of likely N-dealkylation sites (N-methyl/N-ethyl adjacent to an activating group) is 1. The van der Waals surface area contributed by atoms with Gasteiger partial charge >= 0.3 is 0 Å². The second-order valence-electron chi connectivity index (χ2n) is 9.68. The fourth-order valence-electron chi connectivity index (χ4n) is 4.33. The third kappa shape index (κ3) is 8.25. The number of hydrogen-bond acceptors (Lipinski definition) is 6. The van der Waals surface area contributed by atoms with Crippen LogP contribution in [0, 0.1) is 0 Å². The first-order valence-corrected chi connectivity index (χ1v) is 13.5. The van der Waals surface area contributed by atoms with E-state index in [1.807, 2.05) is 0 Å². The first-order chi connectivity index (χ1) is 19.3. The summed E-state index contributed by atoms with van der Waals surface area (Å²) in [6.07, 6.45) is 1.38. The highest BCUT2D eigenvalue weighted by Gasteiger charge is 2.25. The molecule has 40 heavy (non-hydrogen) atoms. The predicted octanol–water partition coefficient (Wildman–Crippen LogP) is 1.98. The quantitative estimate of drug-likeness (QED) is 0.347. The number of pyridine rings is 1. The zero-order valence-corrected chi connectivity index (χ0v) is 23.1. The maximum absolute atomic E-state index is 13.1. The van der Waals surface area contributed by atoms with Crippen LogP contribution < -0.4 is 21.5 Å². The summed E-state index contributed by atoms with van der Waals surface area (Å²) >= 11 is 5.92. The Bertz CT molecular complexity index is 1370. The van der Waals surface area contributed by atoms with Crippen molar-refractivity contribution in [3.05, 3.63) is 93.9 Å².